The lowest BCUT2D eigenvalue weighted by Crippen LogP contribution is -2.05. The maximum atomic E-state index is 5.80. The third-order valence-corrected chi connectivity index (χ3v) is 4.34. The molecule has 1 aromatic heterocycles. The van der Waals surface area contributed by atoms with Gasteiger partial charge >= 0.3 is 0 Å². The first-order valence-electron chi connectivity index (χ1n) is 6.09. The van der Waals surface area contributed by atoms with E-state index in [2.05, 4.69) is 18.0 Å². The topological polar surface area (TPSA) is 31.4 Å². The van der Waals surface area contributed by atoms with Crippen LogP contribution >= 0.6 is 22.9 Å². The molecule has 2 aromatic rings. The third-order valence-electron chi connectivity index (χ3n) is 3.14. The number of ether oxygens (including phenoxy) is 2. The number of benzene rings is 1. The van der Waals surface area contributed by atoms with Crippen LogP contribution in [0.15, 0.2) is 17.5 Å². The lowest BCUT2D eigenvalue weighted by atomic mass is 10.1. The van der Waals surface area contributed by atoms with Crippen LogP contribution in [-0.2, 0) is 12.3 Å². The summed E-state index contributed by atoms with van der Waals surface area (Å²) in [4.78, 5) is 4.50. The van der Waals surface area contributed by atoms with Gasteiger partial charge in [-0.05, 0) is 19.1 Å². The maximum absolute atomic E-state index is 5.80. The van der Waals surface area contributed by atoms with Gasteiger partial charge < -0.3 is 9.47 Å². The van der Waals surface area contributed by atoms with Crippen molar-refractivity contribution in [3.8, 4) is 22.1 Å². The molecule has 100 valence electrons. The van der Waals surface area contributed by atoms with E-state index in [1.807, 2.05) is 11.4 Å². The van der Waals surface area contributed by atoms with Crippen molar-refractivity contribution in [3.05, 3.63) is 28.8 Å². The van der Waals surface area contributed by atoms with E-state index < -0.39 is 0 Å². The zero-order valence-electron chi connectivity index (χ0n) is 10.8. The number of rotatable bonds is 3. The second kappa shape index (κ2) is 5.02. The fraction of sp³-hybridized carbons (Fsp3) is 0.357. The molecule has 1 unspecified atom stereocenters. The Hall–Kier alpha value is -1.26. The fourth-order valence-electron chi connectivity index (χ4n) is 2.27. The van der Waals surface area contributed by atoms with Crippen LogP contribution in [0, 0.1) is 0 Å². The highest BCUT2D eigenvalue weighted by Crippen LogP contribution is 2.40. The molecule has 5 heteroatoms. The lowest BCUT2D eigenvalue weighted by Gasteiger charge is -2.09. The van der Waals surface area contributed by atoms with Crippen molar-refractivity contribution in [2.75, 3.05) is 7.11 Å². The van der Waals surface area contributed by atoms with Gasteiger partial charge in [0.1, 0.15) is 22.6 Å². The molecule has 0 N–H and O–H groups in total. The van der Waals surface area contributed by atoms with Gasteiger partial charge in [0.05, 0.1) is 24.2 Å². The van der Waals surface area contributed by atoms with Gasteiger partial charge in [-0.3, -0.25) is 0 Å². The smallest absolute Gasteiger partial charge is 0.129 e. The van der Waals surface area contributed by atoms with Crippen LogP contribution < -0.4 is 9.47 Å². The first kappa shape index (κ1) is 12.8. The second-order valence-electron chi connectivity index (χ2n) is 4.57. The molecule has 1 aliphatic rings. The Bertz CT molecular complexity index is 611. The van der Waals surface area contributed by atoms with Crippen molar-refractivity contribution < 1.29 is 9.47 Å². The van der Waals surface area contributed by atoms with Gasteiger partial charge in [-0.25, -0.2) is 4.98 Å². The molecule has 0 radical (unpaired) electrons. The fourth-order valence-corrected chi connectivity index (χ4v) is 3.34. The second-order valence-corrected chi connectivity index (χ2v) is 5.70. The van der Waals surface area contributed by atoms with E-state index in [0.717, 1.165) is 34.2 Å². The largest absolute Gasteiger partial charge is 0.496 e. The number of thiazole rings is 1. The minimum atomic E-state index is 0.227. The van der Waals surface area contributed by atoms with Gasteiger partial charge in [0, 0.05) is 17.4 Å². The molecule has 2 heterocycles. The molecule has 0 saturated carbocycles. The zero-order chi connectivity index (χ0) is 13.4. The summed E-state index contributed by atoms with van der Waals surface area (Å²) >= 11 is 7.37. The molecule has 1 aromatic carbocycles. The summed E-state index contributed by atoms with van der Waals surface area (Å²) < 4.78 is 11.3. The monoisotopic (exact) mass is 295 g/mol. The first-order chi connectivity index (χ1) is 9.21. The third kappa shape index (κ3) is 2.30. The average Bonchev–Trinajstić information content (AvgIpc) is 3.01. The van der Waals surface area contributed by atoms with Gasteiger partial charge in [-0.15, -0.1) is 22.9 Å². The van der Waals surface area contributed by atoms with Crippen LogP contribution in [0.1, 0.15) is 18.2 Å². The van der Waals surface area contributed by atoms with Gasteiger partial charge in [-0.1, -0.05) is 0 Å². The van der Waals surface area contributed by atoms with Crippen LogP contribution in [0.5, 0.6) is 11.5 Å². The zero-order valence-corrected chi connectivity index (χ0v) is 12.3. The minimum Gasteiger partial charge on any atom is -0.496 e. The average molecular weight is 296 g/mol. The molecule has 19 heavy (non-hydrogen) atoms. The van der Waals surface area contributed by atoms with Crippen LogP contribution in [0.3, 0.4) is 0 Å². The number of hydrogen-bond donors (Lipinski definition) is 0. The Morgan fingerprint density at radius 3 is 3.05 bits per heavy atom. The van der Waals surface area contributed by atoms with E-state index in [1.165, 1.54) is 5.56 Å². The Kier molecular flexibility index (Phi) is 3.37. The van der Waals surface area contributed by atoms with Crippen molar-refractivity contribution in [2.24, 2.45) is 0 Å². The number of halogens is 1. The molecule has 3 rings (SSSR count). The maximum Gasteiger partial charge on any atom is 0.129 e. The highest BCUT2D eigenvalue weighted by Gasteiger charge is 2.23. The summed E-state index contributed by atoms with van der Waals surface area (Å²) in [5, 5.41) is 2.89. The highest BCUT2D eigenvalue weighted by atomic mass is 35.5. The van der Waals surface area contributed by atoms with Crippen molar-refractivity contribution in [3.63, 3.8) is 0 Å². The molecule has 0 amide bonds. The molecular formula is C14H14ClNO2S. The number of nitrogens with zero attached hydrogens (tertiary/aromatic N) is 1. The van der Waals surface area contributed by atoms with Crippen LogP contribution in [0.2, 0.25) is 0 Å². The minimum absolute atomic E-state index is 0.227. The predicted octanol–water partition coefficient (Wildman–Crippen LogP) is 3.88. The SMILES string of the molecule is COc1cc2c(cc1-c1nc(CCl)cs1)OC(C)C2. The van der Waals surface area contributed by atoms with Crippen LogP contribution in [0.25, 0.3) is 10.6 Å². The van der Waals surface area contributed by atoms with Gasteiger partial charge in [0.15, 0.2) is 0 Å². The molecule has 0 aliphatic carbocycles. The van der Waals surface area contributed by atoms with Crippen molar-refractivity contribution in [2.45, 2.75) is 25.3 Å². The van der Waals surface area contributed by atoms with E-state index >= 15 is 0 Å². The van der Waals surface area contributed by atoms with Crippen molar-refractivity contribution in [1.82, 2.24) is 4.98 Å². The number of aromatic nitrogens is 1. The quantitative estimate of drug-likeness (QED) is 0.805. The van der Waals surface area contributed by atoms with E-state index in [0.29, 0.717) is 5.88 Å². The summed E-state index contributed by atoms with van der Waals surface area (Å²) in [5.74, 6) is 2.20. The Morgan fingerprint density at radius 2 is 2.37 bits per heavy atom. The molecule has 0 bridgehead atoms. The number of methoxy groups -OCH3 is 1. The molecule has 0 spiro atoms. The summed E-state index contributed by atoms with van der Waals surface area (Å²) in [6.07, 6.45) is 1.15. The Labute approximate surface area is 121 Å². The first-order valence-corrected chi connectivity index (χ1v) is 7.51. The van der Waals surface area contributed by atoms with Crippen molar-refractivity contribution >= 4 is 22.9 Å². The number of alkyl halides is 1. The van der Waals surface area contributed by atoms with E-state index in [4.69, 9.17) is 21.1 Å². The predicted molar refractivity (Wildman–Crippen MR) is 77.5 cm³/mol. The molecule has 3 nitrogen and oxygen atoms in total. The highest BCUT2D eigenvalue weighted by molar-refractivity contribution is 7.13. The van der Waals surface area contributed by atoms with Gasteiger partial charge in [0.2, 0.25) is 0 Å². The number of fused-ring (bicyclic) bond motifs is 1. The summed E-state index contributed by atoms with van der Waals surface area (Å²) in [7, 11) is 1.68. The van der Waals surface area contributed by atoms with Gasteiger partial charge in [-0.2, -0.15) is 0 Å². The molecular weight excluding hydrogens is 282 g/mol. The Morgan fingerprint density at radius 1 is 1.53 bits per heavy atom. The molecule has 0 saturated heterocycles. The normalized spacial score (nSPS) is 17.1. The summed E-state index contributed by atoms with van der Waals surface area (Å²) in [6.45, 7) is 2.07. The van der Waals surface area contributed by atoms with E-state index in [1.54, 1.807) is 18.4 Å². The molecule has 1 aliphatic heterocycles. The van der Waals surface area contributed by atoms with E-state index in [9.17, 15) is 0 Å². The summed E-state index contributed by atoms with van der Waals surface area (Å²) in [5.41, 5.74) is 3.05. The molecule has 0 fully saturated rings. The van der Waals surface area contributed by atoms with E-state index in [-0.39, 0.29) is 6.10 Å². The lowest BCUT2D eigenvalue weighted by molar-refractivity contribution is 0.254. The van der Waals surface area contributed by atoms with Gasteiger partial charge in [0.25, 0.3) is 0 Å². The number of hydrogen-bond acceptors (Lipinski definition) is 4. The van der Waals surface area contributed by atoms with Crippen molar-refractivity contribution in [1.29, 1.82) is 0 Å². The molecule has 1 atom stereocenters. The standard InChI is InChI=1S/C14H14ClNO2S/c1-8-3-9-4-13(17-2)11(5-12(9)18-8)14-16-10(6-15)7-19-14/h4-5,7-8H,3,6H2,1-2H3. The van der Waals surface area contributed by atoms with Crippen LogP contribution in [0.4, 0.5) is 0 Å². The summed E-state index contributed by atoms with van der Waals surface area (Å²) in [6, 6.07) is 4.07. The van der Waals surface area contributed by atoms with Crippen LogP contribution in [-0.4, -0.2) is 18.2 Å². The Balaban J connectivity index is 2.07.